The van der Waals surface area contributed by atoms with Crippen molar-refractivity contribution in [2.24, 2.45) is 0 Å². The van der Waals surface area contributed by atoms with Gasteiger partial charge in [-0.2, -0.15) is 0 Å². The molecule has 0 atom stereocenters. The third kappa shape index (κ3) is 5.54. The van der Waals surface area contributed by atoms with Crippen molar-refractivity contribution in [3.63, 3.8) is 0 Å². The van der Waals surface area contributed by atoms with Crippen LogP contribution < -0.4 is 4.72 Å². The first-order valence-electron chi connectivity index (χ1n) is 11.9. The normalized spacial score (nSPS) is 11.8. The lowest BCUT2D eigenvalue weighted by Crippen LogP contribution is -2.28. The number of benzene rings is 4. The van der Waals surface area contributed by atoms with Gasteiger partial charge in [-0.15, -0.1) is 0 Å². The van der Waals surface area contributed by atoms with Crippen LogP contribution in [-0.2, 0) is 22.2 Å². The molecule has 0 saturated heterocycles. The first kappa shape index (κ1) is 24.3. The number of nitrogens with one attached hydrogen (secondary N) is 1. The molecule has 1 N–H and O–H groups in total. The van der Waals surface area contributed by atoms with Crippen molar-refractivity contribution in [1.29, 1.82) is 0 Å². The number of fused-ring (bicyclic) bond motifs is 1. The molecule has 36 heavy (non-hydrogen) atoms. The Balaban J connectivity index is 1.51. The van der Waals surface area contributed by atoms with Crippen molar-refractivity contribution in [3.05, 3.63) is 143 Å². The van der Waals surface area contributed by atoms with Crippen LogP contribution in [0.4, 0.5) is 0 Å². The highest BCUT2D eigenvalue weighted by molar-refractivity contribution is 7.88. The van der Waals surface area contributed by atoms with E-state index in [1.54, 1.807) is 0 Å². The molecule has 0 aliphatic rings. The van der Waals surface area contributed by atoms with Crippen LogP contribution in [0.1, 0.15) is 28.4 Å². The Kier molecular flexibility index (Phi) is 7.23. The summed E-state index contributed by atoms with van der Waals surface area (Å²) in [6.45, 7) is 0.301. The fourth-order valence-corrected chi connectivity index (χ4v) is 6.00. The molecule has 0 unspecified atom stereocenters. The van der Waals surface area contributed by atoms with Gasteiger partial charge >= 0.3 is 0 Å². The lowest BCUT2D eigenvalue weighted by Gasteiger charge is -2.24. The minimum absolute atomic E-state index is 0.0386. The van der Waals surface area contributed by atoms with E-state index in [1.807, 2.05) is 84.9 Å². The van der Waals surface area contributed by atoms with E-state index in [-0.39, 0.29) is 11.8 Å². The topological polar surface area (TPSA) is 51.1 Å². The lowest BCUT2D eigenvalue weighted by atomic mass is 9.98. The Morgan fingerprint density at radius 3 is 1.94 bits per heavy atom. The Morgan fingerprint density at radius 2 is 1.33 bits per heavy atom. The van der Waals surface area contributed by atoms with E-state index >= 15 is 0 Å². The summed E-state index contributed by atoms with van der Waals surface area (Å²) < 4.78 is 30.5. The van der Waals surface area contributed by atoms with E-state index in [0.717, 1.165) is 33.3 Å². The Bertz CT molecular complexity index is 1510. The van der Waals surface area contributed by atoms with E-state index in [4.69, 9.17) is 11.6 Å². The highest BCUT2D eigenvalue weighted by Gasteiger charge is 2.22. The fourth-order valence-electron chi connectivity index (χ4n) is 4.69. The second-order valence-corrected chi connectivity index (χ2v) is 11.1. The molecule has 6 heteroatoms. The summed E-state index contributed by atoms with van der Waals surface area (Å²) in [7, 11) is -3.46. The van der Waals surface area contributed by atoms with Crippen molar-refractivity contribution in [1.82, 2.24) is 9.29 Å². The number of nitrogens with zero attached hydrogens (tertiary/aromatic N) is 1. The van der Waals surface area contributed by atoms with Crippen LogP contribution in [0.5, 0.6) is 0 Å². The molecule has 5 aromatic rings. The van der Waals surface area contributed by atoms with Crippen molar-refractivity contribution in [2.45, 2.75) is 18.2 Å². The molecule has 0 spiro atoms. The van der Waals surface area contributed by atoms with E-state index in [9.17, 15) is 8.42 Å². The molecular weight excluding hydrogens is 488 g/mol. The molecule has 0 amide bonds. The monoisotopic (exact) mass is 514 g/mol. The van der Waals surface area contributed by atoms with Crippen LogP contribution in [0, 0.1) is 0 Å². The zero-order valence-corrected chi connectivity index (χ0v) is 21.3. The van der Waals surface area contributed by atoms with Crippen LogP contribution in [-0.4, -0.2) is 19.5 Å². The lowest BCUT2D eigenvalue weighted by molar-refractivity contribution is 0.578. The summed E-state index contributed by atoms with van der Waals surface area (Å²) in [5.41, 5.74) is 5.11. The Labute approximate surface area is 217 Å². The summed E-state index contributed by atoms with van der Waals surface area (Å²) in [6, 6.07) is 37.9. The molecular formula is C30H27ClN2O2S. The summed E-state index contributed by atoms with van der Waals surface area (Å²) in [6.07, 6.45) is 0.538. The predicted molar refractivity (Wildman–Crippen MR) is 148 cm³/mol. The molecule has 1 heterocycles. The van der Waals surface area contributed by atoms with Gasteiger partial charge in [-0.1, -0.05) is 109 Å². The summed E-state index contributed by atoms with van der Waals surface area (Å²) in [5, 5.41) is 1.73. The van der Waals surface area contributed by atoms with Gasteiger partial charge in [0.25, 0.3) is 0 Å². The van der Waals surface area contributed by atoms with Crippen molar-refractivity contribution in [2.75, 3.05) is 6.54 Å². The third-order valence-corrected chi connectivity index (χ3v) is 7.87. The Morgan fingerprint density at radius 1 is 0.750 bits per heavy atom. The third-order valence-electron chi connectivity index (χ3n) is 6.28. The van der Waals surface area contributed by atoms with Crippen molar-refractivity contribution < 1.29 is 8.42 Å². The van der Waals surface area contributed by atoms with Crippen molar-refractivity contribution >= 4 is 32.5 Å². The average molecular weight is 515 g/mol. The molecule has 0 aliphatic carbocycles. The second kappa shape index (κ2) is 10.7. The number of hydrogen-bond donors (Lipinski definition) is 1. The van der Waals surface area contributed by atoms with E-state index in [0.29, 0.717) is 18.0 Å². The molecule has 0 radical (unpaired) electrons. The first-order chi connectivity index (χ1) is 17.5. The number of halogens is 1. The molecule has 182 valence electrons. The largest absolute Gasteiger partial charge is 0.333 e. The SMILES string of the molecule is O=S(=O)(Cc1ccccc1)NCCc1cc2ccc(Cl)cc2n1C(c1ccccc1)c1ccccc1. The minimum atomic E-state index is -3.46. The number of rotatable bonds is 9. The van der Waals surface area contributed by atoms with Crippen LogP contribution >= 0.6 is 11.6 Å². The molecule has 0 bridgehead atoms. The zero-order valence-electron chi connectivity index (χ0n) is 19.7. The maximum Gasteiger partial charge on any atom is 0.215 e. The first-order valence-corrected chi connectivity index (χ1v) is 13.9. The maximum absolute atomic E-state index is 12.7. The summed E-state index contributed by atoms with van der Waals surface area (Å²) >= 11 is 6.43. The highest BCUT2D eigenvalue weighted by Crippen LogP contribution is 2.34. The van der Waals surface area contributed by atoms with Crippen LogP contribution in [0.15, 0.2) is 115 Å². The number of hydrogen-bond acceptors (Lipinski definition) is 2. The van der Waals surface area contributed by atoms with Crippen molar-refractivity contribution in [3.8, 4) is 0 Å². The smallest absolute Gasteiger partial charge is 0.215 e. The summed E-state index contributed by atoms with van der Waals surface area (Å²) in [5.74, 6) is -0.0386. The Hall–Kier alpha value is -3.38. The minimum Gasteiger partial charge on any atom is -0.333 e. The molecule has 1 aromatic heterocycles. The standard InChI is InChI=1S/C30H27ClN2O2S/c31-27-17-16-26-20-28(18-19-32-36(34,35)22-23-10-4-1-5-11-23)33(29(26)21-27)30(24-12-6-2-7-13-24)25-14-8-3-9-15-25/h1-17,20-21,30,32H,18-19,22H2. The van der Waals surface area contributed by atoms with Gasteiger partial charge in [0.05, 0.1) is 17.3 Å². The van der Waals surface area contributed by atoms with Gasteiger partial charge in [0.2, 0.25) is 10.0 Å². The van der Waals surface area contributed by atoms with Crippen LogP contribution in [0.3, 0.4) is 0 Å². The molecule has 5 rings (SSSR count). The van der Waals surface area contributed by atoms with Crippen LogP contribution in [0.25, 0.3) is 10.9 Å². The van der Waals surface area contributed by atoms with Crippen LogP contribution in [0.2, 0.25) is 5.02 Å². The zero-order chi connectivity index (χ0) is 25.0. The molecule has 4 aromatic carbocycles. The van der Waals surface area contributed by atoms with Gasteiger partial charge in [-0.05, 0) is 40.3 Å². The van der Waals surface area contributed by atoms with Gasteiger partial charge < -0.3 is 4.57 Å². The van der Waals surface area contributed by atoms with Gasteiger partial charge in [-0.25, -0.2) is 13.1 Å². The van der Waals surface area contributed by atoms with Gasteiger partial charge in [0.1, 0.15) is 0 Å². The van der Waals surface area contributed by atoms with Gasteiger partial charge in [-0.3, -0.25) is 0 Å². The molecule has 0 aliphatic heterocycles. The van der Waals surface area contributed by atoms with E-state index in [1.165, 1.54) is 0 Å². The van der Waals surface area contributed by atoms with Gasteiger partial charge in [0.15, 0.2) is 0 Å². The van der Waals surface area contributed by atoms with Gasteiger partial charge in [0, 0.05) is 23.7 Å². The van der Waals surface area contributed by atoms with E-state index in [2.05, 4.69) is 39.6 Å². The molecule has 0 saturated carbocycles. The average Bonchev–Trinajstić information content (AvgIpc) is 3.23. The fraction of sp³-hybridized carbons (Fsp3) is 0.133. The number of sulfonamides is 1. The predicted octanol–water partition coefficient (Wildman–Crippen LogP) is 6.59. The quantitative estimate of drug-likeness (QED) is 0.241. The molecule has 0 fully saturated rings. The summed E-state index contributed by atoms with van der Waals surface area (Å²) in [4.78, 5) is 0. The maximum atomic E-state index is 12.7. The second-order valence-electron chi connectivity index (χ2n) is 8.82. The van der Waals surface area contributed by atoms with E-state index < -0.39 is 10.0 Å². The highest BCUT2D eigenvalue weighted by atomic mass is 35.5. The molecule has 4 nitrogen and oxygen atoms in total. The number of aromatic nitrogens is 1.